The summed E-state index contributed by atoms with van der Waals surface area (Å²) >= 11 is 6.11. The van der Waals surface area contributed by atoms with Crippen molar-refractivity contribution in [3.63, 3.8) is 0 Å². The molecule has 2 aliphatic heterocycles. The van der Waals surface area contributed by atoms with E-state index in [1.54, 1.807) is 31.7 Å². The molecule has 0 bridgehead atoms. The van der Waals surface area contributed by atoms with Crippen LogP contribution in [0.25, 0.3) is 11.4 Å². The number of benzene rings is 4. The minimum absolute atomic E-state index is 0. The van der Waals surface area contributed by atoms with Gasteiger partial charge in [-0.15, -0.1) is 0 Å². The van der Waals surface area contributed by atoms with Crippen molar-refractivity contribution in [1.29, 1.82) is 0 Å². The number of amides is 2. The molecule has 4 aromatic carbocycles. The monoisotopic (exact) mass is 893 g/mol. The van der Waals surface area contributed by atoms with E-state index in [1.807, 2.05) is 63.6 Å². The molecule has 0 atom stereocenters. The molecule has 11 nitrogen and oxygen atoms in total. The van der Waals surface area contributed by atoms with Crippen molar-refractivity contribution in [3.05, 3.63) is 164 Å². The Morgan fingerprint density at radius 1 is 0.891 bits per heavy atom. The summed E-state index contributed by atoms with van der Waals surface area (Å²) < 4.78 is 29.7. The largest absolute Gasteiger partial charge is 0.364 e. The lowest BCUT2D eigenvalue weighted by Gasteiger charge is -2.15. The Morgan fingerprint density at radius 2 is 1.59 bits per heavy atom. The van der Waals surface area contributed by atoms with Gasteiger partial charge in [0.2, 0.25) is 12.3 Å². The van der Waals surface area contributed by atoms with Crippen LogP contribution < -0.4 is 26.6 Å². The fraction of sp³-hybridized carbons (Fsp3) is 0.320. The number of fused-ring (bicyclic) bond motifs is 2. The van der Waals surface area contributed by atoms with E-state index in [4.69, 9.17) is 11.6 Å². The Hall–Kier alpha value is -6.15. The molecule has 64 heavy (non-hydrogen) atoms. The van der Waals surface area contributed by atoms with E-state index in [0.717, 1.165) is 78.6 Å². The highest BCUT2D eigenvalue weighted by molar-refractivity contribution is 6.31. The van der Waals surface area contributed by atoms with Crippen LogP contribution in [0.15, 0.2) is 108 Å². The van der Waals surface area contributed by atoms with Crippen LogP contribution in [0, 0.1) is 11.6 Å². The first-order chi connectivity index (χ1) is 30.7. The Balaban J connectivity index is 0.00000175. The minimum atomic E-state index is -0.690. The quantitative estimate of drug-likeness (QED) is 0.0289. The maximum absolute atomic E-state index is 14.3. The van der Waals surface area contributed by atoms with E-state index in [1.165, 1.54) is 22.3 Å². The van der Waals surface area contributed by atoms with Crippen LogP contribution in [0.4, 0.5) is 14.6 Å². The highest BCUT2D eigenvalue weighted by Crippen LogP contribution is 2.28. The molecule has 2 amide bonds. The average Bonchev–Trinajstić information content (AvgIpc) is 4.03. The van der Waals surface area contributed by atoms with Gasteiger partial charge in [0.05, 0.1) is 6.20 Å². The van der Waals surface area contributed by atoms with E-state index in [0.29, 0.717) is 31.0 Å². The Labute approximate surface area is 382 Å². The molecule has 7 rings (SSSR count). The standard InChI is InChI=1S/C45H46ClF2N9O2.2C2H6.CH4/c1-49-44(31-7-10-34-26-57(27-36(34)18-31)25-30-5-3-29(4-6-30)17-39-40(46)20-37(47)21-41(39)48)53-16-15-52-38(13-14-50-28-58)11-12-43(59)55-42-24-54-45(56(42)2)32-8-9-33-22-51-23-35(33)19-32;2*1-2;/h3-11,15-16,18-21,24,28,51-52H,12-14,17,22-23,25-27H2,1-2H3,(H,49,53)(H,50,58)(H,55,59);2*1-2H3;1H4/b16-15+,38-11+;;;. The molecule has 2 aliphatic rings. The molecule has 5 N–H and O–H groups in total. The lowest BCUT2D eigenvalue weighted by Crippen LogP contribution is -2.21. The Morgan fingerprint density at radius 3 is 2.33 bits per heavy atom. The summed E-state index contributed by atoms with van der Waals surface area (Å²) in [6.45, 7) is 12.4. The highest BCUT2D eigenvalue weighted by atomic mass is 35.5. The Bertz CT molecular complexity index is 2410. The third kappa shape index (κ3) is 13.4. The fourth-order valence-corrected chi connectivity index (χ4v) is 7.63. The summed E-state index contributed by atoms with van der Waals surface area (Å²) in [5, 5.41) is 15.6. The number of imidazole rings is 1. The van der Waals surface area contributed by atoms with Gasteiger partial charge in [-0.05, 0) is 51.6 Å². The number of carbonyl (C=O) groups is 2. The summed E-state index contributed by atoms with van der Waals surface area (Å²) in [5.41, 5.74) is 10.0. The number of nitrogens with one attached hydrogen (secondary N) is 5. The number of aromatic nitrogens is 2. The molecule has 0 spiro atoms. The second-order valence-corrected chi connectivity index (χ2v) is 15.0. The summed E-state index contributed by atoms with van der Waals surface area (Å²) in [4.78, 5) is 35.4. The number of aliphatic imine (C=N–C) groups is 1. The zero-order valence-electron chi connectivity index (χ0n) is 36.9. The predicted molar refractivity (Wildman–Crippen MR) is 257 cm³/mol. The topological polar surface area (TPSA) is 128 Å². The molecule has 5 aromatic rings. The van der Waals surface area contributed by atoms with E-state index in [9.17, 15) is 18.4 Å². The number of nitrogens with zero attached hydrogens (tertiary/aromatic N) is 4. The van der Waals surface area contributed by atoms with Gasteiger partial charge in [-0.2, -0.15) is 0 Å². The van der Waals surface area contributed by atoms with E-state index < -0.39 is 11.6 Å². The number of halogens is 3. The number of amidine groups is 1. The van der Waals surface area contributed by atoms with Crippen LogP contribution in [0.3, 0.4) is 0 Å². The van der Waals surface area contributed by atoms with Gasteiger partial charge in [0.25, 0.3) is 0 Å². The minimum Gasteiger partial charge on any atom is -0.364 e. The molecule has 0 saturated carbocycles. The van der Waals surface area contributed by atoms with Crippen LogP contribution in [-0.4, -0.2) is 46.2 Å². The SMILES string of the molecule is C.CC.CC.CN=C(N/C=C/N/C(=C/CC(=O)Nc1cnc(-c2ccc3c(c2)CNC3)n1C)CCNC=O)c1ccc2c(c1)CN(Cc1ccc(Cc3c(F)cc(F)cc3Cl)cc1)C2. The third-order valence-electron chi connectivity index (χ3n) is 10.5. The third-order valence-corrected chi connectivity index (χ3v) is 10.8. The van der Waals surface area contributed by atoms with Crippen molar-refractivity contribution in [1.82, 2.24) is 35.7 Å². The van der Waals surface area contributed by atoms with Gasteiger partial charge >= 0.3 is 0 Å². The van der Waals surface area contributed by atoms with Crippen molar-refractivity contribution in [2.24, 2.45) is 12.0 Å². The molecule has 0 fully saturated rings. The van der Waals surface area contributed by atoms with E-state index in [2.05, 4.69) is 77.9 Å². The molecular formula is C50H62ClF2N9O2. The normalized spacial score (nSPS) is 13.1. The summed E-state index contributed by atoms with van der Waals surface area (Å²) in [7, 11) is 3.61. The number of anilines is 1. The lowest BCUT2D eigenvalue weighted by atomic mass is 10.0. The van der Waals surface area contributed by atoms with Gasteiger partial charge in [0.15, 0.2) is 0 Å². The molecule has 0 aliphatic carbocycles. The lowest BCUT2D eigenvalue weighted by molar-refractivity contribution is -0.115. The van der Waals surface area contributed by atoms with Gasteiger partial charge in [-0.1, -0.05) is 101 Å². The molecule has 340 valence electrons. The van der Waals surface area contributed by atoms with Crippen molar-refractivity contribution in [2.45, 2.75) is 87.1 Å². The van der Waals surface area contributed by atoms with Gasteiger partial charge in [0.1, 0.15) is 29.1 Å². The number of carbonyl (C=O) groups excluding carboxylic acids is 2. The van der Waals surface area contributed by atoms with Gasteiger partial charge in [0, 0.05) is 119 Å². The average molecular weight is 895 g/mol. The van der Waals surface area contributed by atoms with Crippen LogP contribution in [0.2, 0.25) is 5.02 Å². The first-order valence-electron chi connectivity index (χ1n) is 21.4. The zero-order chi connectivity index (χ0) is 45.3. The molecule has 0 unspecified atom stereocenters. The van der Waals surface area contributed by atoms with Crippen LogP contribution in [0.5, 0.6) is 0 Å². The van der Waals surface area contributed by atoms with Crippen LogP contribution in [0.1, 0.15) is 92.5 Å². The Kier molecular flexibility index (Phi) is 19.9. The van der Waals surface area contributed by atoms with Crippen LogP contribution in [-0.2, 0) is 55.8 Å². The van der Waals surface area contributed by atoms with Crippen molar-refractivity contribution in [2.75, 3.05) is 18.9 Å². The molecule has 1 aromatic heterocycles. The van der Waals surface area contributed by atoms with E-state index in [-0.39, 0.29) is 36.8 Å². The van der Waals surface area contributed by atoms with Crippen molar-refractivity contribution >= 4 is 35.6 Å². The van der Waals surface area contributed by atoms with Crippen molar-refractivity contribution < 1.29 is 18.4 Å². The maximum Gasteiger partial charge on any atom is 0.229 e. The molecule has 3 heterocycles. The van der Waals surface area contributed by atoms with Crippen molar-refractivity contribution in [3.8, 4) is 11.4 Å². The fourth-order valence-electron chi connectivity index (χ4n) is 7.37. The zero-order valence-corrected chi connectivity index (χ0v) is 37.7. The maximum atomic E-state index is 14.3. The molecule has 0 radical (unpaired) electrons. The van der Waals surface area contributed by atoms with Gasteiger partial charge in [-0.3, -0.25) is 19.5 Å². The van der Waals surface area contributed by atoms with E-state index >= 15 is 0 Å². The first-order valence-corrected chi connectivity index (χ1v) is 21.8. The second kappa shape index (κ2) is 25.2. The highest BCUT2D eigenvalue weighted by Gasteiger charge is 2.21. The summed E-state index contributed by atoms with van der Waals surface area (Å²) in [6, 6.07) is 22.6. The molecule has 14 heteroatoms. The molecular weight excluding hydrogens is 832 g/mol. The predicted octanol–water partition coefficient (Wildman–Crippen LogP) is 9.49. The summed E-state index contributed by atoms with van der Waals surface area (Å²) in [5.74, 6) is 0.531. The second-order valence-electron chi connectivity index (χ2n) is 14.6. The first kappa shape index (κ1) is 50.5. The smallest absolute Gasteiger partial charge is 0.229 e. The number of hydrogen-bond donors (Lipinski definition) is 5. The number of hydrogen-bond acceptors (Lipinski definition) is 7. The molecule has 0 saturated heterocycles. The summed E-state index contributed by atoms with van der Waals surface area (Å²) in [6.07, 6.45) is 8.48. The van der Waals surface area contributed by atoms with Crippen LogP contribution >= 0.6 is 11.6 Å². The van der Waals surface area contributed by atoms with Gasteiger partial charge in [-0.25, -0.2) is 13.8 Å². The van der Waals surface area contributed by atoms with Gasteiger partial charge < -0.3 is 31.2 Å². The number of rotatable bonds is 16.